The Morgan fingerprint density at radius 1 is 0.909 bits per heavy atom. The predicted molar refractivity (Wildman–Crippen MR) is 127 cm³/mol. The number of ether oxygens (including phenoxy) is 1. The first-order valence-electron chi connectivity index (χ1n) is 9.56. The summed E-state index contributed by atoms with van der Waals surface area (Å²) in [6.45, 7) is 1.70. The summed E-state index contributed by atoms with van der Waals surface area (Å²) in [4.78, 5) is 11.4. The van der Waals surface area contributed by atoms with Crippen LogP contribution in [0, 0.1) is 6.92 Å². The molecule has 0 unspecified atom stereocenters. The predicted octanol–water partition coefficient (Wildman–Crippen LogP) is 4.18. The lowest BCUT2D eigenvalue weighted by atomic mass is 10.1. The molecule has 3 rings (SSSR count). The minimum absolute atomic E-state index is 0.0387. The maximum atomic E-state index is 12.7. The summed E-state index contributed by atoms with van der Waals surface area (Å²) in [5.41, 5.74) is 1.93. The lowest BCUT2D eigenvalue weighted by molar-refractivity contribution is 0.0600. The number of sulfonamides is 2. The first-order valence-corrected chi connectivity index (χ1v) is 13.1. The molecule has 3 aromatic rings. The van der Waals surface area contributed by atoms with Crippen molar-refractivity contribution in [1.29, 1.82) is 0 Å². The number of methoxy groups -OCH3 is 1. The zero-order valence-electron chi connectivity index (χ0n) is 17.7. The van der Waals surface area contributed by atoms with Crippen LogP contribution in [0.2, 0.25) is 5.02 Å². The van der Waals surface area contributed by atoms with Crippen LogP contribution < -0.4 is 9.44 Å². The first-order chi connectivity index (χ1) is 15.5. The Labute approximate surface area is 197 Å². The van der Waals surface area contributed by atoms with Gasteiger partial charge in [-0.3, -0.25) is 9.44 Å². The fraction of sp³-hybridized carbons (Fsp3) is 0.136. The van der Waals surface area contributed by atoms with Crippen LogP contribution >= 0.6 is 11.6 Å². The molecule has 0 atom stereocenters. The number of hydrogen-bond donors (Lipinski definition) is 2. The number of anilines is 2. The number of hydrogen-bond acceptors (Lipinski definition) is 6. The molecule has 0 aliphatic carbocycles. The minimum atomic E-state index is -3.90. The zero-order valence-corrected chi connectivity index (χ0v) is 20.1. The van der Waals surface area contributed by atoms with Gasteiger partial charge in [0, 0.05) is 10.7 Å². The quantitative estimate of drug-likeness (QED) is 0.441. The van der Waals surface area contributed by atoms with E-state index in [0.717, 1.165) is 0 Å². The Morgan fingerprint density at radius 2 is 1.55 bits per heavy atom. The molecule has 0 fully saturated rings. The Kier molecular flexibility index (Phi) is 7.31. The van der Waals surface area contributed by atoms with Crippen LogP contribution in [0.1, 0.15) is 21.5 Å². The van der Waals surface area contributed by atoms with Gasteiger partial charge in [-0.2, -0.15) is 0 Å². The molecule has 0 aromatic heterocycles. The van der Waals surface area contributed by atoms with Crippen molar-refractivity contribution in [2.45, 2.75) is 17.6 Å². The fourth-order valence-corrected chi connectivity index (χ4v) is 5.41. The molecule has 0 saturated heterocycles. The van der Waals surface area contributed by atoms with E-state index in [-0.39, 0.29) is 16.3 Å². The largest absolute Gasteiger partial charge is 0.465 e. The molecule has 174 valence electrons. The second-order valence-corrected chi connectivity index (χ2v) is 10.9. The minimum Gasteiger partial charge on any atom is -0.465 e. The number of halogens is 1. The topological polar surface area (TPSA) is 119 Å². The van der Waals surface area contributed by atoms with E-state index in [1.54, 1.807) is 25.1 Å². The Hall–Kier alpha value is -3.08. The van der Waals surface area contributed by atoms with Crippen molar-refractivity contribution in [2.75, 3.05) is 16.6 Å². The summed E-state index contributed by atoms with van der Waals surface area (Å²) >= 11 is 6.04. The van der Waals surface area contributed by atoms with E-state index in [4.69, 9.17) is 11.6 Å². The van der Waals surface area contributed by atoms with E-state index in [0.29, 0.717) is 27.4 Å². The monoisotopic (exact) mass is 508 g/mol. The molecule has 0 aliphatic rings. The van der Waals surface area contributed by atoms with Crippen LogP contribution in [0.25, 0.3) is 0 Å². The summed E-state index contributed by atoms with van der Waals surface area (Å²) in [5.74, 6) is -0.845. The average molecular weight is 509 g/mol. The lowest BCUT2D eigenvalue weighted by Gasteiger charge is -2.12. The smallest absolute Gasteiger partial charge is 0.337 e. The van der Waals surface area contributed by atoms with Gasteiger partial charge >= 0.3 is 5.97 Å². The van der Waals surface area contributed by atoms with Gasteiger partial charge in [-0.1, -0.05) is 29.8 Å². The molecule has 0 aliphatic heterocycles. The number of nitrogens with one attached hydrogen (secondary N) is 2. The molecular weight excluding hydrogens is 488 g/mol. The molecule has 0 bridgehead atoms. The van der Waals surface area contributed by atoms with Gasteiger partial charge in [0.05, 0.1) is 29.0 Å². The van der Waals surface area contributed by atoms with Crippen LogP contribution in [-0.4, -0.2) is 29.9 Å². The standard InChI is InChI=1S/C22H21ClN2O6S2/c1-15-20(23)4-3-5-21(15)25-33(29,30)19-12-10-18(11-13-19)24-32(27,28)14-16-6-8-17(9-7-16)22(26)31-2/h3-13,24-25H,14H2,1-2H3. The van der Waals surface area contributed by atoms with E-state index >= 15 is 0 Å². The zero-order chi connectivity index (χ0) is 24.2. The van der Waals surface area contributed by atoms with E-state index in [1.165, 1.54) is 55.6 Å². The fourth-order valence-electron chi connectivity index (χ4n) is 2.91. The van der Waals surface area contributed by atoms with Crippen molar-refractivity contribution < 1.29 is 26.4 Å². The Bertz CT molecular complexity index is 1370. The summed E-state index contributed by atoms with van der Waals surface area (Å²) < 4.78 is 59.8. The van der Waals surface area contributed by atoms with Gasteiger partial charge in [0.1, 0.15) is 0 Å². The molecule has 2 N–H and O–H groups in total. The third-order valence-corrected chi connectivity index (χ3v) is 7.73. The van der Waals surface area contributed by atoms with Gasteiger partial charge in [-0.05, 0) is 66.6 Å². The van der Waals surface area contributed by atoms with E-state index in [9.17, 15) is 21.6 Å². The van der Waals surface area contributed by atoms with Crippen LogP contribution in [0.4, 0.5) is 11.4 Å². The van der Waals surface area contributed by atoms with Crippen LogP contribution in [0.5, 0.6) is 0 Å². The average Bonchev–Trinajstić information content (AvgIpc) is 2.76. The highest BCUT2D eigenvalue weighted by Crippen LogP contribution is 2.26. The summed E-state index contributed by atoms with van der Waals surface area (Å²) in [6, 6.07) is 16.2. The van der Waals surface area contributed by atoms with Crippen molar-refractivity contribution in [3.63, 3.8) is 0 Å². The normalized spacial score (nSPS) is 11.6. The summed E-state index contributed by atoms with van der Waals surface area (Å²) in [6.07, 6.45) is 0. The maximum Gasteiger partial charge on any atom is 0.337 e. The van der Waals surface area contributed by atoms with Gasteiger partial charge in [0.15, 0.2) is 0 Å². The molecule has 0 amide bonds. The third kappa shape index (κ3) is 6.25. The van der Waals surface area contributed by atoms with E-state index in [2.05, 4.69) is 14.2 Å². The number of carbonyl (C=O) groups excluding carboxylic acids is 1. The lowest BCUT2D eigenvalue weighted by Crippen LogP contribution is -2.16. The molecule has 11 heteroatoms. The van der Waals surface area contributed by atoms with Gasteiger partial charge in [-0.25, -0.2) is 21.6 Å². The van der Waals surface area contributed by atoms with Crippen molar-refractivity contribution in [3.05, 3.63) is 88.4 Å². The molecule has 8 nitrogen and oxygen atoms in total. The molecule has 0 saturated carbocycles. The van der Waals surface area contributed by atoms with Crippen molar-refractivity contribution in [3.8, 4) is 0 Å². The number of carbonyl (C=O) groups is 1. The summed E-state index contributed by atoms with van der Waals surface area (Å²) in [7, 11) is -6.42. The highest BCUT2D eigenvalue weighted by molar-refractivity contribution is 7.92. The second kappa shape index (κ2) is 9.82. The second-order valence-electron chi connectivity index (χ2n) is 7.09. The van der Waals surface area contributed by atoms with Gasteiger partial charge in [-0.15, -0.1) is 0 Å². The van der Waals surface area contributed by atoms with Gasteiger partial charge in [0.2, 0.25) is 10.0 Å². The highest BCUT2D eigenvalue weighted by atomic mass is 35.5. The van der Waals surface area contributed by atoms with Gasteiger partial charge < -0.3 is 4.74 Å². The van der Waals surface area contributed by atoms with Gasteiger partial charge in [0.25, 0.3) is 10.0 Å². The molecular formula is C22H21ClN2O6S2. The third-order valence-electron chi connectivity index (χ3n) is 4.68. The van der Waals surface area contributed by atoms with Crippen molar-refractivity contribution in [1.82, 2.24) is 0 Å². The van der Waals surface area contributed by atoms with Crippen LogP contribution in [0.15, 0.2) is 71.6 Å². The van der Waals surface area contributed by atoms with Crippen LogP contribution in [0.3, 0.4) is 0 Å². The van der Waals surface area contributed by atoms with Crippen molar-refractivity contribution >= 4 is 49.0 Å². The molecule has 0 radical (unpaired) electrons. The number of benzene rings is 3. The Balaban J connectivity index is 1.70. The molecule has 3 aromatic carbocycles. The molecule has 33 heavy (non-hydrogen) atoms. The first kappa shape index (κ1) is 24.6. The SMILES string of the molecule is COC(=O)c1ccc(CS(=O)(=O)Nc2ccc(S(=O)(=O)Nc3cccc(Cl)c3C)cc2)cc1. The van der Waals surface area contributed by atoms with Crippen LogP contribution in [-0.2, 0) is 30.5 Å². The number of esters is 1. The van der Waals surface area contributed by atoms with Crippen molar-refractivity contribution in [2.24, 2.45) is 0 Å². The highest BCUT2D eigenvalue weighted by Gasteiger charge is 2.17. The van der Waals surface area contributed by atoms with E-state index < -0.39 is 26.0 Å². The molecule has 0 spiro atoms. The number of rotatable bonds is 8. The summed E-state index contributed by atoms with van der Waals surface area (Å²) in [5, 5.41) is 0.430. The molecule has 0 heterocycles. The van der Waals surface area contributed by atoms with E-state index in [1.807, 2.05) is 0 Å². The maximum absolute atomic E-state index is 12.7. The Morgan fingerprint density at radius 3 is 2.15 bits per heavy atom.